The average molecular weight is 371 g/mol. The summed E-state index contributed by atoms with van der Waals surface area (Å²) in [6, 6.07) is 22.1. The molecule has 1 N–H and O–H groups in total. The first-order valence-electron chi connectivity index (χ1n) is 8.42. The van der Waals surface area contributed by atoms with Crippen molar-refractivity contribution in [2.45, 2.75) is 4.90 Å². The number of phenolic OH excluding ortho intramolecular Hbond substituents is 1. The lowest BCUT2D eigenvalue weighted by molar-refractivity contribution is 0.474. The van der Waals surface area contributed by atoms with E-state index in [2.05, 4.69) is 0 Å². The van der Waals surface area contributed by atoms with E-state index in [1.807, 2.05) is 48.5 Å². The number of para-hydroxylation sites is 3. The molecule has 0 amide bonds. The number of hydrogen-bond acceptors (Lipinski definition) is 5. The molecule has 0 unspecified atom stereocenters. The highest BCUT2D eigenvalue weighted by atomic mass is 32.2. The van der Waals surface area contributed by atoms with E-state index in [1.54, 1.807) is 24.3 Å². The van der Waals surface area contributed by atoms with E-state index in [-0.39, 0.29) is 5.75 Å². The fraction of sp³-hybridized carbons (Fsp3) is 0. The summed E-state index contributed by atoms with van der Waals surface area (Å²) >= 11 is 1.41. The molecule has 0 atom stereocenters. The fourth-order valence-corrected chi connectivity index (χ4v) is 4.37. The maximum Gasteiger partial charge on any atom is 0.346 e. The summed E-state index contributed by atoms with van der Waals surface area (Å²) in [4.78, 5) is 19.3. The molecule has 1 aromatic heterocycles. The lowest BCUT2D eigenvalue weighted by Crippen LogP contribution is -2.40. The zero-order chi connectivity index (χ0) is 18.4. The van der Waals surface area contributed by atoms with E-state index < -0.39 is 5.63 Å². The van der Waals surface area contributed by atoms with Crippen LogP contribution in [-0.2, 0) is 0 Å². The Morgan fingerprint density at radius 3 is 2.52 bits per heavy atom. The van der Waals surface area contributed by atoms with Gasteiger partial charge in [0.15, 0.2) is 0 Å². The predicted molar refractivity (Wildman–Crippen MR) is 106 cm³/mol. The third-order valence-electron chi connectivity index (χ3n) is 4.47. The van der Waals surface area contributed by atoms with Crippen LogP contribution in [0.25, 0.3) is 15.9 Å². The summed E-state index contributed by atoms with van der Waals surface area (Å²) in [5.74, 6) is 0.109. The Morgan fingerprint density at radius 1 is 0.889 bits per heavy atom. The average Bonchev–Trinajstić information content (AvgIpc) is 2.86. The Hall–Kier alpha value is -3.31. The highest BCUT2D eigenvalue weighted by molar-refractivity contribution is 8.08. The SMILES string of the molecule is O=c1oc2ccccc2c2c1=C(c1ccccc1O)Sc1ccccc1N=2. The minimum atomic E-state index is -0.467. The van der Waals surface area contributed by atoms with Crippen LogP contribution in [-0.4, -0.2) is 5.11 Å². The van der Waals surface area contributed by atoms with Crippen molar-refractivity contribution in [3.63, 3.8) is 0 Å². The molecule has 0 fully saturated rings. The van der Waals surface area contributed by atoms with E-state index >= 15 is 0 Å². The van der Waals surface area contributed by atoms with Gasteiger partial charge in [-0.3, -0.25) is 0 Å². The molecule has 3 aromatic carbocycles. The highest BCUT2D eigenvalue weighted by Gasteiger charge is 2.19. The third-order valence-corrected chi connectivity index (χ3v) is 5.66. The van der Waals surface area contributed by atoms with Crippen LogP contribution in [0, 0.1) is 0 Å². The van der Waals surface area contributed by atoms with Gasteiger partial charge in [0.25, 0.3) is 0 Å². The molecule has 0 spiro atoms. The van der Waals surface area contributed by atoms with Crippen molar-refractivity contribution < 1.29 is 9.52 Å². The smallest absolute Gasteiger partial charge is 0.346 e. The Bertz CT molecular complexity index is 1390. The van der Waals surface area contributed by atoms with Crippen LogP contribution in [0.5, 0.6) is 5.75 Å². The van der Waals surface area contributed by atoms with E-state index in [0.717, 1.165) is 16.0 Å². The molecule has 0 saturated heterocycles. The molecule has 2 heterocycles. The minimum Gasteiger partial charge on any atom is -0.507 e. The number of thioether (sulfide) groups is 1. The van der Waals surface area contributed by atoms with Crippen LogP contribution < -0.4 is 16.2 Å². The zero-order valence-corrected chi connectivity index (χ0v) is 14.9. The number of nitrogens with zero attached hydrogens (tertiary/aromatic N) is 1. The molecular weight excluding hydrogens is 358 g/mol. The molecule has 5 rings (SSSR count). The summed E-state index contributed by atoms with van der Waals surface area (Å²) in [7, 11) is 0. The molecule has 4 aromatic rings. The van der Waals surface area contributed by atoms with Crippen LogP contribution in [0.4, 0.5) is 5.69 Å². The van der Waals surface area contributed by atoms with Crippen LogP contribution >= 0.6 is 11.8 Å². The first-order chi connectivity index (χ1) is 13.2. The van der Waals surface area contributed by atoms with Gasteiger partial charge in [-0.05, 0) is 30.3 Å². The molecule has 0 saturated carbocycles. The zero-order valence-electron chi connectivity index (χ0n) is 14.0. The molecule has 4 nitrogen and oxygen atoms in total. The molecule has 0 aliphatic carbocycles. The summed E-state index contributed by atoms with van der Waals surface area (Å²) in [6.45, 7) is 0. The Kier molecular flexibility index (Phi) is 3.62. The molecule has 5 heteroatoms. The van der Waals surface area contributed by atoms with E-state index in [9.17, 15) is 9.90 Å². The molecular formula is C22H13NO3S. The second kappa shape index (κ2) is 6.14. The van der Waals surface area contributed by atoms with E-state index in [4.69, 9.17) is 9.41 Å². The number of fused-ring (bicyclic) bond motifs is 4. The normalized spacial score (nSPS) is 12.8. The van der Waals surface area contributed by atoms with Gasteiger partial charge in [-0.2, -0.15) is 0 Å². The Morgan fingerprint density at radius 2 is 1.63 bits per heavy atom. The van der Waals surface area contributed by atoms with Crippen LogP contribution in [0.15, 0.2) is 91.9 Å². The van der Waals surface area contributed by atoms with Crippen LogP contribution in [0.2, 0.25) is 0 Å². The van der Waals surface area contributed by atoms with Gasteiger partial charge in [-0.25, -0.2) is 9.79 Å². The van der Waals surface area contributed by atoms with Gasteiger partial charge in [0.2, 0.25) is 0 Å². The van der Waals surface area contributed by atoms with E-state index in [1.165, 1.54) is 11.8 Å². The topological polar surface area (TPSA) is 62.8 Å². The van der Waals surface area contributed by atoms with Gasteiger partial charge in [0.05, 0.1) is 11.0 Å². The lowest BCUT2D eigenvalue weighted by Gasteiger charge is -2.09. The number of phenols is 1. The molecule has 0 radical (unpaired) electrons. The number of aromatic hydroxyl groups is 1. The first kappa shape index (κ1) is 15.9. The van der Waals surface area contributed by atoms with Gasteiger partial charge >= 0.3 is 5.63 Å². The second-order valence-corrected chi connectivity index (χ2v) is 7.19. The van der Waals surface area contributed by atoms with Gasteiger partial charge in [-0.15, -0.1) is 0 Å². The van der Waals surface area contributed by atoms with Gasteiger partial charge in [-0.1, -0.05) is 54.2 Å². The molecule has 1 aliphatic heterocycles. The number of benzene rings is 3. The van der Waals surface area contributed by atoms with Gasteiger partial charge < -0.3 is 9.52 Å². The van der Waals surface area contributed by atoms with Crippen molar-refractivity contribution in [2.24, 2.45) is 4.99 Å². The van der Waals surface area contributed by atoms with Crippen molar-refractivity contribution in [1.29, 1.82) is 0 Å². The monoisotopic (exact) mass is 371 g/mol. The van der Waals surface area contributed by atoms with Crippen molar-refractivity contribution in [3.05, 3.63) is 99.4 Å². The van der Waals surface area contributed by atoms with Crippen molar-refractivity contribution in [2.75, 3.05) is 0 Å². The quantitative estimate of drug-likeness (QED) is 0.518. The molecule has 27 heavy (non-hydrogen) atoms. The number of rotatable bonds is 1. The largest absolute Gasteiger partial charge is 0.507 e. The van der Waals surface area contributed by atoms with Crippen LogP contribution in [0.3, 0.4) is 0 Å². The maximum absolute atomic E-state index is 12.9. The highest BCUT2D eigenvalue weighted by Crippen LogP contribution is 2.40. The molecule has 1 aliphatic rings. The summed E-state index contributed by atoms with van der Waals surface area (Å²) in [5, 5.41) is 12.1. The Labute approximate surface area is 158 Å². The summed E-state index contributed by atoms with van der Waals surface area (Å²) < 4.78 is 5.57. The van der Waals surface area contributed by atoms with Gasteiger partial charge in [0, 0.05) is 20.8 Å². The minimum absolute atomic E-state index is 0.109. The standard InChI is InChI=1S/C22H13NO3S/c24-16-10-4-1-7-13(16)21-19-20(23-15-9-3-6-12-18(15)27-21)14-8-2-5-11-17(14)26-22(19)25/h1-12,24H. The third kappa shape index (κ3) is 2.55. The summed E-state index contributed by atoms with van der Waals surface area (Å²) in [5.41, 5.74) is 1.39. The molecule has 130 valence electrons. The van der Waals surface area contributed by atoms with E-state index in [0.29, 0.717) is 26.6 Å². The fourth-order valence-electron chi connectivity index (χ4n) is 3.22. The molecule has 0 bridgehead atoms. The number of hydrogen-bond donors (Lipinski definition) is 1. The van der Waals surface area contributed by atoms with Crippen molar-refractivity contribution >= 4 is 33.3 Å². The van der Waals surface area contributed by atoms with Crippen molar-refractivity contribution in [1.82, 2.24) is 0 Å². The summed E-state index contributed by atoms with van der Waals surface area (Å²) in [6.07, 6.45) is 0. The lowest BCUT2D eigenvalue weighted by atomic mass is 10.1. The second-order valence-electron chi connectivity index (χ2n) is 6.14. The predicted octanol–water partition coefficient (Wildman–Crippen LogP) is 3.71. The Balaban J connectivity index is 2.06. The van der Waals surface area contributed by atoms with Gasteiger partial charge in [0.1, 0.15) is 16.6 Å². The maximum atomic E-state index is 12.9. The van der Waals surface area contributed by atoms with Crippen molar-refractivity contribution in [3.8, 4) is 5.75 Å². The van der Waals surface area contributed by atoms with Crippen LogP contribution in [0.1, 0.15) is 5.56 Å². The first-order valence-corrected chi connectivity index (χ1v) is 9.24.